The van der Waals surface area contributed by atoms with E-state index in [2.05, 4.69) is 10.0 Å². The predicted octanol–water partition coefficient (Wildman–Crippen LogP) is 1.92. The smallest absolute Gasteiger partial charge is 0.236 e. The average Bonchev–Trinajstić information content (AvgIpc) is 2.93. The quantitative estimate of drug-likeness (QED) is 0.867. The molecule has 1 unspecified atom stereocenters. The Bertz CT molecular complexity index is 512. The fourth-order valence-corrected chi connectivity index (χ4v) is 3.97. The van der Waals surface area contributed by atoms with E-state index in [-0.39, 0.29) is 5.25 Å². The third-order valence-corrected chi connectivity index (χ3v) is 5.47. The third kappa shape index (κ3) is 3.09. The van der Waals surface area contributed by atoms with Crippen LogP contribution in [0.1, 0.15) is 31.4 Å². The molecule has 1 aromatic carbocycles. The highest BCUT2D eigenvalue weighted by molar-refractivity contribution is 7.93. The minimum atomic E-state index is -3.29. The molecule has 4 nitrogen and oxygen atoms in total. The lowest BCUT2D eigenvalue weighted by atomic mass is 10.0. The van der Waals surface area contributed by atoms with Gasteiger partial charge in [0.15, 0.2) is 0 Å². The maximum atomic E-state index is 12.4. The summed E-state index contributed by atoms with van der Waals surface area (Å²) in [6, 6.07) is 5.97. The van der Waals surface area contributed by atoms with E-state index in [4.69, 9.17) is 0 Å². The van der Waals surface area contributed by atoms with Crippen LogP contribution in [0.3, 0.4) is 0 Å². The van der Waals surface area contributed by atoms with Gasteiger partial charge in [-0.1, -0.05) is 32.0 Å². The molecule has 19 heavy (non-hydrogen) atoms. The molecule has 0 amide bonds. The van der Waals surface area contributed by atoms with Crippen molar-refractivity contribution in [1.82, 2.24) is 5.32 Å². The Kier molecular flexibility index (Phi) is 4.47. The first-order valence-corrected chi connectivity index (χ1v) is 8.46. The van der Waals surface area contributed by atoms with Crippen molar-refractivity contribution in [3.8, 4) is 0 Å². The van der Waals surface area contributed by atoms with Crippen molar-refractivity contribution in [2.75, 3.05) is 17.8 Å². The van der Waals surface area contributed by atoms with Gasteiger partial charge in [0.2, 0.25) is 10.0 Å². The van der Waals surface area contributed by atoms with E-state index in [0.717, 1.165) is 36.2 Å². The zero-order valence-electron chi connectivity index (χ0n) is 11.6. The Morgan fingerprint density at radius 2 is 1.89 bits per heavy atom. The van der Waals surface area contributed by atoms with Crippen molar-refractivity contribution in [1.29, 1.82) is 0 Å². The zero-order valence-corrected chi connectivity index (χ0v) is 12.4. The van der Waals surface area contributed by atoms with Crippen molar-refractivity contribution in [3.63, 3.8) is 0 Å². The predicted molar refractivity (Wildman–Crippen MR) is 79.0 cm³/mol. The van der Waals surface area contributed by atoms with Crippen molar-refractivity contribution in [3.05, 3.63) is 29.3 Å². The molecule has 1 heterocycles. The van der Waals surface area contributed by atoms with Gasteiger partial charge in [0, 0.05) is 6.54 Å². The Morgan fingerprint density at radius 1 is 1.26 bits per heavy atom. The van der Waals surface area contributed by atoms with Crippen LogP contribution >= 0.6 is 0 Å². The minimum absolute atomic E-state index is 0.317. The van der Waals surface area contributed by atoms with E-state index in [1.165, 1.54) is 0 Å². The topological polar surface area (TPSA) is 58.2 Å². The van der Waals surface area contributed by atoms with Crippen LogP contribution in [0.25, 0.3) is 0 Å². The summed E-state index contributed by atoms with van der Waals surface area (Å²) in [6.07, 6.45) is 2.34. The minimum Gasteiger partial charge on any atom is -0.315 e. The first-order valence-electron chi connectivity index (χ1n) is 6.91. The van der Waals surface area contributed by atoms with Crippen LogP contribution in [0.15, 0.2) is 18.2 Å². The number of nitrogens with one attached hydrogen (secondary N) is 2. The van der Waals surface area contributed by atoms with Gasteiger partial charge in [-0.2, -0.15) is 0 Å². The van der Waals surface area contributed by atoms with Crippen molar-refractivity contribution in [2.24, 2.45) is 0 Å². The fourth-order valence-electron chi connectivity index (χ4n) is 2.49. The van der Waals surface area contributed by atoms with E-state index in [1.54, 1.807) is 0 Å². The Balaban J connectivity index is 2.31. The Morgan fingerprint density at radius 3 is 2.37 bits per heavy atom. The Hall–Kier alpha value is -1.07. The number of hydrogen-bond acceptors (Lipinski definition) is 3. The molecule has 0 saturated carbocycles. The highest BCUT2D eigenvalue weighted by Crippen LogP contribution is 2.25. The lowest BCUT2D eigenvalue weighted by Gasteiger charge is -2.18. The second kappa shape index (κ2) is 5.92. The van der Waals surface area contributed by atoms with E-state index >= 15 is 0 Å². The molecule has 2 N–H and O–H groups in total. The van der Waals surface area contributed by atoms with E-state index < -0.39 is 10.0 Å². The molecule has 1 fully saturated rings. The van der Waals surface area contributed by atoms with Crippen LogP contribution in [0.4, 0.5) is 5.69 Å². The van der Waals surface area contributed by atoms with Crippen molar-refractivity contribution in [2.45, 2.75) is 38.4 Å². The monoisotopic (exact) mass is 282 g/mol. The summed E-state index contributed by atoms with van der Waals surface area (Å²) in [5, 5.41) is 2.78. The number of aryl methyl sites for hydroxylation is 2. The maximum Gasteiger partial charge on any atom is 0.236 e. The van der Waals surface area contributed by atoms with E-state index in [0.29, 0.717) is 13.0 Å². The molecule has 0 bridgehead atoms. The molecule has 0 aliphatic carbocycles. The second-order valence-electron chi connectivity index (χ2n) is 4.92. The molecule has 106 valence electrons. The van der Waals surface area contributed by atoms with Gasteiger partial charge in [0.05, 0.1) is 10.9 Å². The standard InChI is InChI=1S/C14H22N2O2S/c1-3-11-6-5-7-12(4-2)14(11)16-19(17,18)13-8-9-15-10-13/h5-7,13,15-16H,3-4,8-10H2,1-2H3. The molecule has 1 aliphatic heterocycles. The van der Waals surface area contributed by atoms with Crippen LogP contribution in [-0.2, 0) is 22.9 Å². The highest BCUT2D eigenvalue weighted by atomic mass is 32.2. The molecule has 2 rings (SSSR count). The summed E-state index contributed by atoms with van der Waals surface area (Å²) < 4.78 is 27.6. The normalized spacial score (nSPS) is 19.6. The summed E-state index contributed by atoms with van der Waals surface area (Å²) >= 11 is 0. The van der Waals surface area contributed by atoms with Crippen molar-refractivity contribution >= 4 is 15.7 Å². The number of anilines is 1. The van der Waals surface area contributed by atoms with Crippen LogP contribution in [-0.4, -0.2) is 26.8 Å². The molecule has 1 aromatic rings. The molecular weight excluding hydrogens is 260 g/mol. The number of rotatable bonds is 5. The number of benzene rings is 1. The van der Waals surface area contributed by atoms with Crippen LogP contribution < -0.4 is 10.0 Å². The van der Waals surface area contributed by atoms with Crippen LogP contribution in [0.5, 0.6) is 0 Å². The van der Waals surface area contributed by atoms with Gasteiger partial charge in [-0.25, -0.2) is 8.42 Å². The number of sulfonamides is 1. The molecule has 0 aromatic heterocycles. The molecule has 5 heteroatoms. The van der Waals surface area contributed by atoms with Gasteiger partial charge in [-0.05, 0) is 36.9 Å². The third-order valence-electron chi connectivity index (χ3n) is 3.70. The van der Waals surface area contributed by atoms with Gasteiger partial charge in [0.1, 0.15) is 0 Å². The molecule has 1 saturated heterocycles. The van der Waals surface area contributed by atoms with Crippen LogP contribution in [0, 0.1) is 0 Å². The van der Waals surface area contributed by atoms with Gasteiger partial charge < -0.3 is 5.32 Å². The molecule has 1 atom stereocenters. The second-order valence-corrected chi connectivity index (χ2v) is 6.88. The largest absolute Gasteiger partial charge is 0.315 e. The summed E-state index contributed by atoms with van der Waals surface area (Å²) in [5.74, 6) is 0. The maximum absolute atomic E-state index is 12.4. The van der Waals surface area contributed by atoms with Crippen LogP contribution in [0.2, 0.25) is 0 Å². The summed E-state index contributed by atoms with van der Waals surface area (Å²) in [4.78, 5) is 0. The highest BCUT2D eigenvalue weighted by Gasteiger charge is 2.29. The number of para-hydroxylation sites is 1. The summed E-state index contributed by atoms with van der Waals surface area (Å²) in [5.41, 5.74) is 2.92. The molecule has 0 radical (unpaired) electrons. The first kappa shape index (κ1) is 14.3. The lowest BCUT2D eigenvalue weighted by Crippen LogP contribution is -2.30. The summed E-state index contributed by atoms with van der Waals surface area (Å²) in [6.45, 7) is 5.42. The van der Waals surface area contributed by atoms with Gasteiger partial charge >= 0.3 is 0 Å². The first-order chi connectivity index (χ1) is 9.08. The van der Waals surface area contributed by atoms with Crippen molar-refractivity contribution < 1.29 is 8.42 Å². The molecule has 1 aliphatic rings. The van der Waals surface area contributed by atoms with Gasteiger partial charge in [-0.3, -0.25) is 4.72 Å². The van der Waals surface area contributed by atoms with E-state index in [1.807, 2.05) is 32.0 Å². The van der Waals surface area contributed by atoms with E-state index in [9.17, 15) is 8.42 Å². The summed E-state index contributed by atoms with van der Waals surface area (Å²) in [7, 11) is -3.29. The van der Waals surface area contributed by atoms with Gasteiger partial charge in [0.25, 0.3) is 0 Å². The molecule has 0 spiro atoms. The zero-order chi connectivity index (χ0) is 13.9. The SMILES string of the molecule is CCc1cccc(CC)c1NS(=O)(=O)C1CCNC1. The Labute approximate surface area is 115 Å². The number of hydrogen-bond donors (Lipinski definition) is 2. The molecular formula is C14H22N2O2S. The average molecular weight is 282 g/mol. The van der Waals surface area contributed by atoms with Gasteiger partial charge in [-0.15, -0.1) is 0 Å². The lowest BCUT2D eigenvalue weighted by molar-refractivity contribution is 0.588. The fraction of sp³-hybridized carbons (Fsp3) is 0.571.